The summed E-state index contributed by atoms with van der Waals surface area (Å²) in [6.45, 7) is 6.75. The number of furan rings is 1. The largest absolute Gasteiger partial charge is 0.468 e. The number of hydrogen-bond acceptors (Lipinski definition) is 5. The van der Waals surface area contributed by atoms with Gasteiger partial charge in [0, 0.05) is 63.5 Å². The minimum absolute atomic E-state index is 0.137. The highest BCUT2D eigenvalue weighted by molar-refractivity contribution is 5.17. The maximum Gasteiger partial charge on any atom is 0.127 e. The van der Waals surface area contributed by atoms with E-state index >= 15 is 0 Å². The average Bonchev–Trinajstić information content (AvgIpc) is 3.25. The molecule has 0 unspecified atom stereocenters. The Hall–Kier alpha value is -1.73. The van der Waals surface area contributed by atoms with Crippen molar-refractivity contribution < 1.29 is 13.9 Å². The van der Waals surface area contributed by atoms with E-state index in [2.05, 4.69) is 14.7 Å². The van der Waals surface area contributed by atoms with Gasteiger partial charge in [-0.25, -0.2) is 4.39 Å². The summed E-state index contributed by atoms with van der Waals surface area (Å²) in [5.74, 6) is 0.898. The molecule has 2 aromatic rings. The van der Waals surface area contributed by atoms with E-state index in [0.29, 0.717) is 12.6 Å². The summed E-state index contributed by atoms with van der Waals surface area (Å²) in [6.07, 6.45) is 4.81. The van der Waals surface area contributed by atoms with Crippen LogP contribution in [0.1, 0.15) is 30.6 Å². The molecule has 158 valence electrons. The quantitative estimate of drug-likeness (QED) is 0.773. The number of aliphatic hydroxyl groups excluding tert-OH is 1. The molecule has 5 nitrogen and oxygen atoms in total. The zero-order valence-electron chi connectivity index (χ0n) is 17.0. The summed E-state index contributed by atoms with van der Waals surface area (Å²) in [5.41, 5.74) is 0.745. The zero-order chi connectivity index (χ0) is 20.1. The fraction of sp³-hybridized carbons (Fsp3) is 0.565. The SMILES string of the molecule is OCC[C@H]1CN(C2CCN(Cc3ccco3)CC2)CCN1Cc1ccccc1F. The van der Waals surface area contributed by atoms with Gasteiger partial charge >= 0.3 is 0 Å². The maximum absolute atomic E-state index is 14.1. The van der Waals surface area contributed by atoms with Gasteiger partial charge in [-0.3, -0.25) is 14.7 Å². The van der Waals surface area contributed by atoms with Gasteiger partial charge in [0.15, 0.2) is 0 Å². The summed E-state index contributed by atoms with van der Waals surface area (Å²) < 4.78 is 19.6. The highest BCUT2D eigenvalue weighted by Gasteiger charge is 2.32. The molecule has 3 heterocycles. The number of aliphatic hydroxyl groups is 1. The van der Waals surface area contributed by atoms with Crippen molar-refractivity contribution in [3.63, 3.8) is 0 Å². The van der Waals surface area contributed by atoms with Crippen molar-refractivity contribution in [2.45, 2.75) is 44.4 Å². The Kier molecular flexibility index (Phi) is 6.98. The van der Waals surface area contributed by atoms with Gasteiger partial charge in [0.05, 0.1) is 12.8 Å². The molecule has 1 aromatic heterocycles. The molecule has 0 radical (unpaired) electrons. The van der Waals surface area contributed by atoms with Crippen LogP contribution in [0.25, 0.3) is 0 Å². The minimum atomic E-state index is -0.137. The maximum atomic E-state index is 14.1. The number of piperazine rings is 1. The lowest BCUT2D eigenvalue weighted by Crippen LogP contribution is -2.57. The Morgan fingerprint density at radius 1 is 1.00 bits per heavy atom. The Balaban J connectivity index is 1.31. The van der Waals surface area contributed by atoms with Gasteiger partial charge in [-0.15, -0.1) is 0 Å². The molecule has 0 amide bonds. The molecule has 1 atom stereocenters. The third kappa shape index (κ3) is 5.25. The summed E-state index contributed by atoms with van der Waals surface area (Å²) in [4.78, 5) is 7.41. The van der Waals surface area contributed by atoms with Crippen molar-refractivity contribution in [1.29, 1.82) is 0 Å². The zero-order valence-corrected chi connectivity index (χ0v) is 17.0. The van der Waals surface area contributed by atoms with Crippen LogP contribution < -0.4 is 0 Å². The molecule has 4 rings (SSSR count). The smallest absolute Gasteiger partial charge is 0.127 e. The number of likely N-dealkylation sites (tertiary alicyclic amines) is 1. The lowest BCUT2D eigenvalue weighted by molar-refractivity contribution is 0.0113. The topological polar surface area (TPSA) is 43.1 Å². The Morgan fingerprint density at radius 2 is 1.83 bits per heavy atom. The minimum Gasteiger partial charge on any atom is -0.468 e. The average molecular weight is 402 g/mol. The van der Waals surface area contributed by atoms with Gasteiger partial charge in [0.1, 0.15) is 11.6 Å². The van der Waals surface area contributed by atoms with Crippen molar-refractivity contribution >= 4 is 0 Å². The normalized spacial score (nSPS) is 22.9. The van der Waals surface area contributed by atoms with Crippen molar-refractivity contribution in [3.05, 3.63) is 59.8 Å². The van der Waals surface area contributed by atoms with Crippen LogP contribution in [0, 0.1) is 5.82 Å². The molecule has 6 heteroatoms. The molecule has 0 spiro atoms. The molecule has 29 heavy (non-hydrogen) atoms. The lowest BCUT2D eigenvalue weighted by Gasteiger charge is -2.46. The molecule has 2 aliphatic rings. The van der Waals surface area contributed by atoms with Crippen molar-refractivity contribution in [2.24, 2.45) is 0 Å². The molecule has 2 aliphatic heterocycles. The third-order valence-electron chi connectivity index (χ3n) is 6.46. The third-order valence-corrected chi connectivity index (χ3v) is 6.46. The molecular weight excluding hydrogens is 369 g/mol. The first-order valence-electron chi connectivity index (χ1n) is 10.8. The van der Waals surface area contributed by atoms with Gasteiger partial charge in [0.25, 0.3) is 0 Å². The monoisotopic (exact) mass is 401 g/mol. The number of hydrogen-bond donors (Lipinski definition) is 1. The van der Waals surface area contributed by atoms with E-state index in [4.69, 9.17) is 4.42 Å². The second kappa shape index (κ2) is 9.85. The second-order valence-electron chi connectivity index (χ2n) is 8.31. The van der Waals surface area contributed by atoms with Crippen molar-refractivity contribution in [1.82, 2.24) is 14.7 Å². The van der Waals surface area contributed by atoms with Crippen LogP contribution in [0.2, 0.25) is 0 Å². The van der Waals surface area contributed by atoms with E-state index < -0.39 is 0 Å². The number of rotatable bonds is 7. The second-order valence-corrected chi connectivity index (χ2v) is 8.31. The molecule has 0 saturated carbocycles. The molecule has 2 fully saturated rings. The predicted molar refractivity (Wildman–Crippen MR) is 111 cm³/mol. The van der Waals surface area contributed by atoms with Gasteiger partial charge < -0.3 is 9.52 Å². The van der Waals surface area contributed by atoms with Crippen LogP contribution in [0.4, 0.5) is 4.39 Å². The molecule has 1 N–H and O–H groups in total. The van der Waals surface area contributed by atoms with E-state index in [-0.39, 0.29) is 18.5 Å². The standard InChI is InChI=1S/C23H32FN3O2/c24-23-6-2-1-4-19(23)16-26-12-13-27(17-21(26)9-14-28)20-7-10-25(11-8-20)18-22-5-3-15-29-22/h1-6,15,20-21,28H,7-14,16-18H2/t21-/m0/s1. The fourth-order valence-corrected chi connectivity index (χ4v) is 4.79. The molecule has 2 saturated heterocycles. The first kappa shape index (κ1) is 20.5. The van der Waals surface area contributed by atoms with E-state index in [1.807, 2.05) is 24.3 Å². The number of benzene rings is 1. The van der Waals surface area contributed by atoms with Crippen LogP contribution in [0.5, 0.6) is 0 Å². The van der Waals surface area contributed by atoms with Gasteiger partial charge in [0.2, 0.25) is 0 Å². The lowest BCUT2D eigenvalue weighted by atomic mass is 9.99. The summed E-state index contributed by atoms with van der Waals surface area (Å²) in [6, 6.07) is 11.9. The molecule has 0 aliphatic carbocycles. The van der Waals surface area contributed by atoms with E-state index in [0.717, 1.165) is 57.0 Å². The first-order chi connectivity index (χ1) is 14.2. The van der Waals surface area contributed by atoms with Crippen LogP contribution in [0.15, 0.2) is 47.1 Å². The number of piperidine rings is 1. The first-order valence-corrected chi connectivity index (χ1v) is 10.8. The summed E-state index contributed by atoms with van der Waals surface area (Å²) in [7, 11) is 0. The van der Waals surface area contributed by atoms with E-state index in [9.17, 15) is 9.50 Å². The highest BCUT2D eigenvalue weighted by Crippen LogP contribution is 2.24. The number of halogens is 1. The van der Waals surface area contributed by atoms with E-state index in [1.54, 1.807) is 12.3 Å². The van der Waals surface area contributed by atoms with Crippen molar-refractivity contribution in [3.8, 4) is 0 Å². The Morgan fingerprint density at radius 3 is 2.55 bits per heavy atom. The fourth-order valence-electron chi connectivity index (χ4n) is 4.79. The van der Waals surface area contributed by atoms with Crippen LogP contribution in [-0.4, -0.2) is 71.2 Å². The van der Waals surface area contributed by atoms with E-state index in [1.165, 1.54) is 18.9 Å². The van der Waals surface area contributed by atoms with Crippen LogP contribution in [-0.2, 0) is 13.1 Å². The summed E-state index contributed by atoms with van der Waals surface area (Å²) in [5, 5.41) is 9.58. The van der Waals surface area contributed by atoms with Crippen LogP contribution >= 0.6 is 0 Å². The molecule has 1 aromatic carbocycles. The Labute approximate surface area is 172 Å². The molecule has 0 bridgehead atoms. The number of nitrogens with zero attached hydrogens (tertiary/aromatic N) is 3. The van der Waals surface area contributed by atoms with Gasteiger partial charge in [-0.2, -0.15) is 0 Å². The highest BCUT2D eigenvalue weighted by atomic mass is 19.1. The van der Waals surface area contributed by atoms with Crippen molar-refractivity contribution in [2.75, 3.05) is 39.3 Å². The predicted octanol–water partition coefficient (Wildman–Crippen LogP) is 2.95. The van der Waals surface area contributed by atoms with Gasteiger partial charge in [-0.1, -0.05) is 18.2 Å². The molecular formula is C23H32FN3O2. The summed E-state index contributed by atoms with van der Waals surface area (Å²) >= 11 is 0. The van der Waals surface area contributed by atoms with Gasteiger partial charge in [-0.05, 0) is 37.5 Å². The van der Waals surface area contributed by atoms with Crippen LogP contribution in [0.3, 0.4) is 0 Å². The Bertz CT molecular complexity index is 746.